The first-order valence-electron chi connectivity index (χ1n) is 5.21. The van der Waals surface area contributed by atoms with Gasteiger partial charge in [-0.25, -0.2) is 4.79 Å². The Hall–Kier alpha value is -2.44. The first-order chi connectivity index (χ1) is 8.47. The number of nitrogens with zero attached hydrogens (tertiary/aromatic N) is 3. The highest BCUT2D eigenvalue weighted by Crippen LogP contribution is 2.12. The van der Waals surface area contributed by atoms with E-state index < -0.39 is 5.97 Å². The van der Waals surface area contributed by atoms with Crippen molar-refractivity contribution in [2.24, 2.45) is 0 Å². The summed E-state index contributed by atoms with van der Waals surface area (Å²) in [7, 11) is 0. The Kier molecular flexibility index (Phi) is 2.97. The lowest BCUT2D eigenvalue weighted by molar-refractivity contribution is 0.0685. The predicted octanol–water partition coefficient (Wildman–Crippen LogP) is 1.13. The third-order valence-corrected chi connectivity index (χ3v) is 2.40. The highest BCUT2D eigenvalue weighted by atomic mass is 16.5. The van der Waals surface area contributed by atoms with Gasteiger partial charge in [0.05, 0.1) is 0 Å². The molecule has 18 heavy (non-hydrogen) atoms. The molecule has 1 N–H and O–H groups in total. The zero-order valence-corrected chi connectivity index (χ0v) is 9.88. The third kappa shape index (κ3) is 2.29. The minimum absolute atomic E-state index is 0.0102. The van der Waals surface area contributed by atoms with Crippen molar-refractivity contribution < 1.29 is 19.2 Å². The van der Waals surface area contributed by atoms with Gasteiger partial charge in [0.2, 0.25) is 5.89 Å². The van der Waals surface area contributed by atoms with Crippen molar-refractivity contribution in [3.05, 3.63) is 35.2 Å². The molecule has 0 unspecified atom stereocenters. The van der Waals surface area contributed by atoms with Crippen LogP contribution in [0.15, 0.2) is 16.8 Å². The molecule has 2 aromatic heterocycles. The standard InChI is InChI=1S/C11H11N3O4/c1-6(15)8-3-9(11(16)17)14(4-8)5-10-12-7(2)13-18-10/h3-4H,5H2,1-2H3,(H,16,17). The van der Waals surface area contributed by atoms with Crippen molar-refractivity contribution in [1.82, 2.24) is 14.7 Å². The summed E-state index contributed by atoms with van der Waals surface area (Å²) in [5, 5.41) is 12.7. The molecule has 0 aliphatic carbocycles. The van der Waals surface area contributed by atoms with Gasteiger partial charge in [-0.3, -0.25) is 4.79 Å². The van der Waals surface area contributed by atoms with Gasteiger partial charge in [-0.05, 0) is 19.9 Å². The number of hydrogen-bond acceptors (Lipinski definition) is 5. The Morgan fingerprint density at radius 1 is 1.50 bits per heavy atom. The number of aromatic carboxylic acids is 1. The van der Waals surface area contributed by atoms with Gasteiger partial charge in [-0.15, -0.1) is 0 Å². The molecule has 2 rings (SSSR count). The van der Waals surface area contributed by atoms with Crippen LogP contribution in [0, 0.1) is 6.92 Å². The molecule has 94 valence electrons. The number of carboxylic acids is 1. The van der Waals surface area contributed by atoms with Crippen LogP contribution in [0.3, 0.4) is 0 Å². The summed E-state index contributed by atoms with van der Waals surface area (Å²) in [5.74, 6) is -0.543. The highest BCUT2D eigenvalue weighted by molar-refractivity contribution is 5.97. The van der Waals surface area contributed by atoms with Crippen molar-refractivity contribution in [2.45, 2.75) is 20.4 Å². The Labute approximate surface area is 102 Å². The van der Waals surface area contributed by atoms with Gasteiger partial charge in [0, 0.05) is 11.8 Å². The molecule has 0 aliphatic heterocycles. The summed E-state index contributed by atoms with van der Waals surface area (Å²) >= 11 is 0. The second-order valence-corrected chi connectivity index (χ2v) is 3.84. The minimum Gasteiger partial charge on any atom is -0.477 e. The lowest BCUT2D eigenvalue weighted by atomic mass is 10.2. The van der Waals surface area contributed by atoms with Gasteiger partial charge in [-0.2, -0.15) is 4.98 Å². The van der Waals surface area contributed by atoms with Gasteiger partial charge in [0.15, 0.2) is 11.6 Å². The molecule has 0 bridgehead atoms. The summed E-state index contributed by atoms with van der Waals surface area (Å²) < 4.78 is 6.31. The topological polar surface area (TPSA) is 98.2 Å². The summed E-state index contributed by atoms with van der Waals surface area (Å²) in [6.45, 7) is 3.17. The van der Waals surface area contributed by atoms with Gasteiger partial charge in [0.25, 0.3) is 0 Å². The number of aryl methyl sites for hydroxylation is 1. The van der Waals surface area contributed by atoms with Crippen molar-refractivity contribution in [2.75, 3.05) is 0 Å². The number of aromatic nitrogens is 3. The molecule has 0 saturated carbocycles. The van der Waals surface area contributed by atoms with Crippen molar-refractivity contribution >= 4 is 11.8 Å². The van der Waals surface area contributed by atoms with E-state index in [9.17, 15) is 9.59 Å². The van der Waals surface area contributed by atoms with E-state index in [1.165, 1.54) is 23.8 Å². The van der Waals surface area contributed by atoms with E-state index in [0.717, 1.165) is 0 Å². The quantitative estimate of drug-likeness (QED) is 0.815. The molecule has 0 amide bonds. The van der Waals surface area contributed by atoms with Crippen molar-refractivity contribution in [1.29, 1.82) is 0 Å². The van der Waals surface area contributed by atoms with E-state index in [2.05, 4.69) is 10.1 Å². The number of carboxylic acid groups (broad SMARTS) is 1. The first kappa shape index (κ1) is 12.0. The van der Waals surface area contributed by atoms with Crippen molar-refractivity contribution in [3.63, 3.8) is 0 Å². The molecular weight excluding hydrogens is 238 g/mol. The molecule has 0 saturated heterocycles. The zero-order valence-electron chi connectivity index (χ0n) is 9.88. The smallest absolute Gasteiger partial charge is 0.352 e. The maximum absolute atomic E-state index is 11.2. The number of carbonyl (C=O) groups excluding carboxylic acids is 1. The van der Waals surface area contributed by atoms with Crippen LogP contribution in [0.1, 0.15) is 39.5 Å². The molecule has 0 fully saturated rings. The van der Waals surface area contributed by atoms with Crippen molar-refractivity contribution in [3.8, 4) is 0 Å². The predicted molar refractivity (Wildman–Crippen MR) is 59.5 cm³/mol. The van der Waals surface area contributed by atoms with E-state index in [-0.39, 0.29) is 18.0 Å². The van der Waals surface area contributed by atoms with Gasteiger partial charge >= 0.3 is 5.97 Å². The van der Waals surface area contributed by atoms with Gasteiger partial charge < -0.3 is 14.2 Å². The maximum atomic E-state index is 11.2. The molecule has 0 aromatic carbocycles. The normalized spacial score (nSPS) is 10.6. The molecule has 0 atom stereocenters. The number of ketones is 1. The Balaban J connectivity index is 2.36. The van der Waals surface area contributed by atoms with E-state index in [0.29, 0.717) is 17.3 Å². The van der Waals surface area contributed by atoms with Gasteiger partial charge in [-0.1, -0.05) is 5.16 Å². The van der Waals surface area contributed by atoms with Crippen LogP contribution in [0.2, 0.25) is 0 Å². The maximum Gasteiger partial charge on any atom is 0.352 e. The van der Waals surface area contributed by atoms with Crippen LogP contribution >= 0.6 is 0 Å². The number of carbonyl (C=O) groups is 2. The van der Waals surface area contributed by atoms with Crippen LogP contribution in [-0.2, 0) is 6.54 Å². The summed E-state index contributed by atoms with van der Waals surface area (Å²) in [6.07, 6.45) is 1.46. The Morgan fingerprint density at radius 3 is 2.72 bits per heavy atom. The lowest BCUT2D eigenvalue weighted by Crippen LogP contribution is -2.08. The van der Waals surface area contributed by atoms with Crippen LogP contribution in [0.4, 0.5) is 0 Å². The SMILES string of the molecule is CC(=O)c1cc(C(=O)O)n(Cc2nc(C)no2)c1. The van der Waals surface area contributed by atoms with Crippen LogP contribution in [0.25, 0.3) is 0 Å². The monoisotopic (exact) mass is 249 g/mol. The average molecular weight is 249 g/mol. The van der Waals surface area contributed by atoms with E-state index in [1.807, 2.05) is 0 Å². The molecular formula is C11H11N3O4. The second kappa shape index (κ2) is 4.44. The molecule has 2 aromatic rings. The van der Waals surface area contributed by atoms with E-state index in [4.69, 9.17) is 9.63 Å². The first-order valence-corrected chi connectivity index (χ1v) is 5.21. The minimum atomic E-state index is -1.11. The zero-order chi connectivity index (χ0) is 13.3. The largest absolute Gasteiger partial charge is 0.477 e. The molecule has 7 nitrogen and oxygen atoms in total. The molecule has 0 radical (unpaired) electrons. The molecule has 7 heteroatoms. The van der Waals surface area contributed by atoms with Crippen LogP contribution in [0.5, 0.6) is 0 Å². The number of hydrogen-bond donors (Lipinski definition) is 1. The highest BCUT2D eigenvalue weighted by Gasteiger charge is 2.16. The van der Waals surface area contributed by atoms with Crippen LogP contribution < -0.4 is 0 Å². The fourth-order valence-corrected chi connectivity index (χ4v) is 1.56. The molecule has 0 aliphatic rings. The lowest BCUT2D eigenvalue weighted by Gasteiger charge is -2.01. The summed E-state index contributed by atoms with van der Waals surface area (Å²) in [4.78, 5) is 26.3. The summed E-state index contributed by atoms with van der Waals surface area (Å²) in [6, 6.07) is 1.33. The number of rotatable bonds is 4. The fraction of sp³-hybridized carbons (Fsp3) is 0.273. The Bertz CT molecular complexity index is 612. The van der Waals surface area contributed by atoms with Crippen LogP contribution in [-0.4, -0.2) is 31.6 Å². The third-order valence-electron chi connectivity index (χ3n) is 2.40. The molecule has 2 heterocycles. The Morgan fingerprint density at radius 2 is 2.22 bits per heavy atom. The average Bonchev–Trinajstić information content (AvgIpc) is 2.85. The summed E-state index contributed by atoms with van der Waals surface area (Å²) in [5.41, 5.74) is 0.347. The second-order valence-electron chi connectivity index (χ2n) is 3.84. The molecule has 0 spiro atoms. The van der Waals surface area contributed by atoms with E-state index in [1.54, 1.807) is 6.92 Å². The van der Waals surface area contributed by atoms with E-state index >= 15 is 0 Å². The number of Topliss-reactive ketones (excluding diaryl/α,β-unsaturated/α-hetero) is 1. The van der Waals surface area contributed by atoms with Gasteiger partial charge in [0.1, 0.15) is 12.2 Å². The fourth-order valence-electron chi connectivity index (χ4n) is 1.56.